The van der Waals surface area contributed by atoms with Crippen molar-refractivity contribution in [3.8, 4) is 0 Å². The Bertz CT molecular complexity index is 463. The fraction of sp³-hybridized carbons (Fsp3) is 0.222. The van der Waals surface area contributed by atoms with E-state index < -0.39 is 14.7 Å². The van der Waals surface area contributed by atoms with Crippen molar-refractivity contribution in [2.45, 2.75) is 8.75 Å². The standard InChI is InChI=1S/C9H5Cl7N2O/c10-4-1-3(17-7(19)9(14,15)16)2-5(11)6(4)18-8(12)13/h1-2,8,18H,(H,17,19). The molecule has 0 atom stereocenters. The van der Waals surface area contributed by atoms with Crippen LogP contribution < -0.4 is 10.6 Å². The zero-order chi connectivity index (χ0) is 14.8. The molecule has 106 valence electrons. The number of nitrogens with one attached hydrogen (secondary N) is 2. The smallest absolute Gasteiger partial charge is 0.276 e. The second-order valence-electron chi connectivity index (χ2n) is 3.21. The quantitative estimate of drug-likeness (QED) is 0.517. The molecule has 0 saturated heterocycles. The number of carbonyl (C=O) groups excluding carboxylic acids is 1. The first kappa shape index (κ1) is 17.6. The van der Waals surface area contributed by atoms with Gasteiger partial charge in [-0.05, 0) is 12.1 Å². The Kier molecular flexibility index (Phi) is 6.46. The summed E-state index contributed by atoms with van der Waals surface area (Å²) in [6.07, 6.45) is 0. The number of rotatable bonds is 3. The summed E-state index contributed by atoms with van der Waals surface area (Å²) >= 11 is 39.3. The molecule has 0 aliphatic rings. The first-order valence-corrected chi connectivity index (χ1v) is 7.29. The molecule has 3 nitrogen and oxygen atoms in total. The number of benzene rings is 1. The minimum Gasteiger partial charge on any atom is -0.355 e. The van der Waals surface area contributed by atoms with Crippen molar-refractivity contribution in [3.63, 3.8) is 0 Å². The lowest BCUT2D eigenvalue weighted by Crippen LogP contribution is -2.26. The SMILES string of the molecule is O=C(Nc1cc(Cl)c(NC(Cl)Cl)c(Cl)c1)C(Cl)(Cl)Cl. The largest absolute Gasteiger partial charge is 0.355 e. The van der Waals surface area contributed by atoms with Crippen LogP contribution in [-0.2, 0) is 4.79 Å². The van der Waals surface area contributed by atoms with Gasteiger partial charge in [0.25, 0.3) is 9.70 Å². The summed E-state index contributed by atoms with van der Waals surface area (Å²) in [5.74, 6) is -0.835. The number of halogens is 7. The molecule has 1 aromatic carbocycles. The topological polar surface area (TPSA) is 41.1 Å². The second-order valence-corrected chi connectivity index (χ2v) is 7.40. The predicted molar refractivity (Wildman–Crippen MR) is 84.5 cm³/mol. The van der Waals surface area contributed by atoms with Crippen LogP contribution in [0.25, 0.3) is 0 Å². The van der Waals surface area contributed by atoms with Crippen LogP contribution in [-0.4, -0.2) is 14.7 Å². The zero-order valence-electron chi connectivity index (χ0n) is 8.79. The van der Waals surface area contributed by atoms with E-state index in [0.29, 0.717) is 5.69 Å². The van der Waals surface area contributed by atoms with Gasteiger partial charge in [-0.15, -0.1) is 0 Å². The molecular weight excluding hydrogens is 400 g/mol. The zero-order valence-corrected chi connectivity index (χ0v) is 14.1. The van der Waals surface area contributed by atoms with E-state index in [1.807, 2.05) is 0 Å². The number of hydrogen-bond acceptors (Lipinski definition) is 2. The van der Waals surface area contributed by atoms with Crippen LogP contribution in [0.5, 0.6) is 0 Å². The molecule has 0 aromatic heterocycles. The Balaban J connectivity index is 2.98. The van der Waals surface area contributed by atoms with E-state index in [4.69, 9.17) is 81.2 Å². The summed E-state index contributed by atoms with van der Waals surface area (Å²) in [5.41, 5.74) is 0.586. The van der Waals surface area contributed by atoms with Crippen molar-refractivity contribution >= 4 is 98.5 Å². The number of carbonyl (C=O) groups is 1. The average Bonchev–Trinajstić information content (AvgIpc) is 2.21. The Labute approximate surface area is 144 Å². The molecule has 0 radical (unpaired) electrons. The molecule has 1 amide bonds. The molecule has 1 aromatic rings. The molecule has 0 aliphatic carbocycles. The molecule has 0 fully saturated rings. The molecule has 2 N–H and O–H groups in total. The fourth-order valence-electron chi connectivity index (χ4n) is 1.09. The van der Waals surface area contributed by atoms with Gasteiger partial charge in [0.2, 0.25) is 0 Å². The van der Waals surface area contributed by atoms with Gasteiger partial charge in [0.05, 0.1) is 15.7 Å². The molecular formula is C9H5Cl7N2O. The van der Waals surface area contributed by atoms with Crippen LogP contribution in [0.15, 0.2) is 12.1 Å². The third-order valence-electron chi connectivity index (χ3n) is 1.81. The highest BCUT2D eigenvalue weighted by molar-refractivity contribution is 6.76. The third-order valence-corrected chi connectivity index (χ3v) is 3.14. The Morgan fingerprint density at radius 1 is 1.11 bits per heavy atom. The second kappa shape index (κ2) is 6.99. The van der Waals surface area contributed by atoms with Crippen molar-refractivity contribution in [1.82, 2.24) is 0 Å². The number of anilines is 2. The van der Waals surface area contributed by atoms with Gasteiger partial charge >= 0.3 is 0 Å². The molecule has 0 bridgehead atoms. The summed E-state index contributed by atoms with van der Waals surface area (Å²) < 4.78 is -2.09. The van der Waals surface area contributed by atoms with Crippen molar-refractivity contribution in [2.24, 2.45) is 0 Å². The van der Waals surface area contributed by atoms with Gasteiger partial charge in [0, 0.05) is 5.69 Å². The minimum absolute atomic E-state index is 0.193. The maximum Gasteiger partial charge on any atom is 0.276 e. The molecule has 0 heterocycles. The molecule has 0 unspecified atom stereocenters. The van der Waals surface area contributed by atoms with Crippen molar-refractivity contribution in [3.05, 3.63) is 22.2 Å². The molecule has 10 heteroatoms. The van der Waals surface area contributed by atoms with Gasteiger partial charge in [0.1, 0.15) is 0 Å². The summed E-state index contributed by atoms with van der Waals surface area (Å²) in [4.78, 5) is 10.6. The highest BCUT2D eigenvalue weighted by Crippen LogP contribution is 2.36. The molecule has 0 spiro atoms. The van der Waals surface area contributed by atoms with Crippen LogP contribution in [0.3, 0.4) is 0 Å². The van der Waals surface area contributed by atoms with E-state index in [9.17, 15) is 4.79 Å². The van der Waals surface area contributed by atoms with Gasteiger partial charge in [0.15, 0.2) is 4.96 Å². The van der Waals surface area contributed by atoms with Crippen LogP contribution in [0.2, 0.25) is 10.0 Å². The van der Waals surface area contributed by atoms with E-state index in [1.165, 1.54) is 12.1 Å². The lowest BCUT2D eigenvalue weighted by atomic mass is 10.2. The third kappa shape index (κ3) is 5.43. The van der Waals surface area contributed by atoms with Crippen LogP contribution in [0.1, 0.15) is 0 Å². The Hall–Kier alpha value is 0.520. The van der Waals surface area contributed by atoms with E-state index in [0.717, 1.165) is 0 Å². The first-order valence-electron chi connectivity index (χ1n) is 4.53. The minimum atomic E-state index is -2.09. The first-order chi connectivity index (χ1) is 8.61. The summed E-state index contributed by atoms with van der Waals surface area (Å²) in [6.45, 7) is 0. The highest BCUT2D eigenvalue weighted by Gasteiger charge is 2.30. The molecule has 0 saturated carbocycles. The number of amides is 1. The Morgan fingerprint density at radius 3 is 1.95 bits per heavy atom. The molecule has 19 heavy (non-hydrogen) atoms. The van der Waals surface area contributed by atoms with Gasteiger partial charge in [-0.3, -0.25) is 4.79 Å². The lowest BCUT2D eigenvalue weighted by Gasteiger charge is -2.15. The highest BCUT2D eigenvalue weighted by atomic mass is 35.6. The van der Waals surface area contributed by atoms with E-state index in [-0.39, 0.29) is 15.7 Å². The van der Waals surface area contributed by atoms with E-state index >= 15 is 0 Å². The maximum absolute atomic E-state index is 11.5. The number of alkyl halides is 5. The lowest BCUT2D eigenvalue weighted by molar-refractivity contribution is -0.115. The summed E-state index contributed by atoms with van der Waals surface area (Å²) in [5, 5.41) is 5.36. The molecule has 0 aliphatic heterocycles. The van der Waals surface area contributed by atoms with E-state index in [2.05, 4.69) is 10.6 Å². The monoisotopic (exact) mass is 402 g/mol. The Morgan fingerprint density at radius 2 is 1.58 bits per heavy atom. The van der Waals surface area contributed by atoms with Gasteiger partial charge < -0.3 is 10.6 Å². The van der Waals surface area contributed by atoms with E-state index in [1.54, 1.807) is 0 Å². The van der Waals surface area contributed by atoms with Gasteiger partial charge in [-0.2, -0.15) is 0 Å². The predicted octanol–water partition coefficient (Wildman–Crippen LogP) is 5.48. The van der Waals surface area contributed by atoms with Crippen LogP contribution >= 0.6 is 81.2 Å². The van der Waals surface area contributed by atoms with Crippen molar-refractivity contribution in [1.29, 1.82) is 0 Å². The summed E-state index contributed by atoms with van der Waals surface area (Å²) in [7, 11) is 0. The molecule has 1 rings (SSSR count). The van der Waals surface area contributed by atoms with Gasteiger partial charge in [-0.25, -0.2) is 0 Å². The number of hydrogen-bond donors (Lipinski definition) is 2. The van der Waals surface area contributed by atoms with Crippen molar-refractivity contribution in [2.75, 3.05) is 10.6 Å². The van der Waals surface area contributed by atoms with Gasteiger partial charge in [-0.1, -0.05) is 81.2 Å². The summed E-state index contributed by atoms with van der Waals surface area (Å²) in [6, 6.07) is 2.81. The van der Waals surface area contributed by atoms with Crippen LogP contribution in [0.4, 0.5) is 11.4 Å². The van der Waals surface area contributed by atoms with Crippen LogP contribution in [0, 0.1) is 0 Å². The normalized spacial score (nSPS) is 11.6. The fourth-order valence-corrected chi connectivity index (χ4v) is 2.05. The average molecular weight is 405 g/mol. The van der Waals surface area contributed by atoms with Crippen molar-refractivity contribution < 1.29 is 4.79 Å². The maximum atomic E-state index is 11.5.